The van der Waals surface area contributed by atoms with Crippen LogP contribution < -0.4 is 5.32 Å². The minimum absolute atomic E-state index is 0.00277. The molecule has 0 saturated carbocycles. The average molecular weight is 401 g/mol. The Balaban J connectivity index is 1.48. The van der Waals surface area contributed by atoms with Crippen LogP contribution in [0.2, 0.25) is 0 Å². The van der Waals surface area contributed by atoms with Gasteiger partial charge in [-0.2, -0.15) is 0 Å². The Bertz CT molecular complexity index is 829. The van der Waals surface area contributed by atoms with E-state index in [-0.39, 0.29) is 30.1 Å². The molecular formula is C20H23N3O4S. The van der Waals surface area contributed by atoms with Gasteiger partial charge in [-0.3, -0.25) is 14.4 Å². The molecule has 2 aromatic rings. The number of piperidine rings is 1. The Kier molecular flexibility index (Phi) is 6.76. The number of likely N-dealkylation sites (tertiary alicyclic amines) is 1. The zero-order valence-electron chi connectivity index (χ0n) is 15.7. The van der Waals surface area contributed by atoms with Gasteiger partial charge in [-0.05, 0) is 31.9 Å². The third-order valence-corrected chi connectivity index (χ3v) is 5.39. The summed E-state index contributed by atoms with van der Waals surface area (Å²) in [7, 11) is 0. The molecule has 1 fully saturated rings. The van der Waals surface area contributed by atoms with Crippen LogP contribution >= 0.6 is 11.3 Å². The van der Waals surface area contributed by atoms with Crippen LogP contribution in [0.25, 0.3) is 0 Å². The molecule has 0 radical (unpaired) electrons. The van der Waals surface area contributed by atoms with E-state index in [1.165, 1.54) is 11.3 Å². The van der Waals surface area contributed by atoms with Crippen molar-refractivity contribution in [2.75, 3.05) is 25.0 Å². The van der Waals surface area contributed by atoms with Crippen molar-refractivity contribution >= 4 is 34.3 Å². The summed E-state index contributed by atoms with van der Waals surface area (Å²) in [6.45, 7) is 3.19. The highest BCUT2D eigenvalue weighted by Crippen LogP contribution is 2.22. The van der Waals surface area contributed by atoms with E-state index in [9.17, 15) is 14.4 Å². The second-order valence-corrected chi connectivity index (χ2v) is 7.41. The Morgan fingerprint density at radius 3 is 2.61 bits per heavy atom. The first-order chi connectivity index (χ1) is 13.6. The molecule has 1 aromatic carbocycles. The number of ether oxygens (including phenoxy) is 1. The number of esters is 1. The molecule has 148 valence electrons. The highest BCUT2D eigenvalue weighted by Gasteiger charge is 2.28. The fourth-order valence-electron chi connectivity index (χ4n) is 3.12. The number of thiazole rings is 1. The van der Waals surface area contributed by atoms with E-state index in [1.807, 2.05) is 18.2 Å². The van der Waals surface area contributed by atoms with Gasteiger partial charge in [0.15, 0.2) is 5.13 Å². The summed E-state index contributed by atoms with van der Waals surface area (Å²) < 4.78 is 4.90. The van der Waals surface area contributed by atoms with Gasteiger partial charge in [0.05, 0.1) is 18.7 Å². The summed E-state index contributed by atoms with van der Waals surface area (Å²) >= 11 is 1.29. The van der Waals surface area contributed by atoms with Crippen molar-refractivity contribution < 1.29 is 19.1 Å². The van der Waals surface area contributed by atoms with Gasteiger partial charge >= 0.3 is 5.97 Å². The van der Waals surface area contributed by atoms with Gasteiger partial charge in [-0.1, -0.05) is 18.2 Å². The molecule has 0 unspecified atom stereocenters. The van der Waals surface area contributed by atoms with Crippen LogP contribution in [0.5, 0.6) is 0 Å². The molecule has 2 heterocycles. The zero-order chi connectivity index (χ0) is 19.9. The third kappa shape index (κ3) is 5.16. The van der Waals surface area contributed by atoms with Crippen LogP contribution in [0.3, 0.4) is 0 Å². The number of rotatable bonds is 6. The number of hydrogen-bond donors (Lipinski definition) is 1. The van der Waals surface area contributed by atoms with Crippen molar-refractivity contribution in [3.8, 4) is 0 Å². The van der Waals surface area contributed by atoms with Crippen molar-refractivity contribution in [1.82, 2.24) is 9.88 Å². The fourth-order valence-corrected chi connectivity index (χ4v) is 3.83. The maximum Gasteiger partial charge on any atom is 0.311 e. The number of amides is 2. The first-order valence-electron chi connectivity index (χ1n) is 9.32. The number of nitrogens with zero attached hydrogens (tertiary/aromatic N) is 2. The van der Waals surface area contributed by atoms with Gasteiger partial charge in [-0.15, -0.1) is 11.3 Å². The van der Waals surface area contributed by atoms with E-state index < -0.39 is 0 Å². The molecule has 0 bridgehead atoms. The predicted molar refractivity (Wildman–Crippen MR) is 106 cm³/mol. The van der Waals surface area contributed by atoms with E-state index >= 15 is 0 Å². The summed E-state index contributed by atoms with van der Waals surface area (Å²) in [6.07, 6.45) is 1.33. The third-order valence-electron chi connectivity index (χ3n) is 4.59. The molecular weight excluding hydrogens is 378 g/mol. The summed E-state index contributed by atoms with van der Waals surface area (Å²) in [5.74, 6) is -0.579. The van der Waals surface area contributed by atoms with E-state index in [2.05, 4.69) is 10.3 Å². The second kappa shape index (κ2) is 9.45. The molecule has 0 spiro atoms. The first kappa shape index (κ1) is 20.0. The molecule has 7 nitrogen and oxygen atoms in total. The molecule has 0 aliphatic carbocycles. The van der Waals surface area contributed by atoms with Crippen molar-refractivity contribution in [2.45, 2.75) is 26.2 Å². The standard InChI is InChI=1S/C20H23N3O4S/c1-2-27-17(24)12-16-13-28-20(21-16)22-18(25)14-8-10-23(11-9-14)19(26)15-6-4-3-5-7-15/h3-7,13-14H,2,8-12H2,1H3,(H,21,22,25). The van der Waals surface area contributed by atoms with Crippen LogP contribution in [0, 0.1) is 5.92 Å². The lowest BCUT2D eigenvalue weighted by Crippen LogP contribution is -2.41. The summed E-state index contributed by atoms with van der Waals surface area (Å²) in [5.41, 5.74) is 1.25. The monoisotopic (exact) mass is 401 g/mol. The van der Waals surface area contributed by atoms with Crippen molar-refractivity contribution in [3.05, 3.63) is 47.0 Å². The Morgan fingerprint density at radius 1 is 1.21 bits per heavy atom. The van der Waals surface area contributed by atoms with Crippen molar-refractivity contribution in [2.24, 2.45) is 5.92 Å². The first-order valence-corrected chi connectivity index (χ1v) is 10.2. The molecule has 3 rings (SSSR count). The zero-order valence-corrected chi connectivity index (χ0v) is 16.5. The Morgan fingerprint density at radius 2 is 1.93 bits per heavy atom. The Hall–Kier alpha value is -2.74. The molecule has 28 heavy (non-hydrogen) atoms. The van der Waals surface area contributed by atoms with Crippen molar-refractivity contribution in [3.63, 3.8) is 0 Å². The molecule has 2 amide bonds. The SMILES string of the molecule is CCOC(=O)Cc1csc(NC(=O)C2CCN(C(=O)c3ccccc3)CC2)n1. The van der Waals surface area contributed by atoms with Crippen LogP contribution in [-0.4, -0.2) is 47.4 Å². The van der Waals surface area contributed by atoms with Gasteiger partial charge in [-0.25, -0.2) is 4.98 Å². The van der Waals surface area contributed by atoms with Gasteiger partial charge in [0.2, 0.25) is 5.91 Å². The average Bonchev–Trinajstić information content (AvgIpc) is 3.15. The van der Waals surface area contributed by atoms with E-state index in [4.69, 9.17) is 4.74 Å². The minimum atomic E-state index is -0.332. The normalized spacial score (nSPS) is 14.5. The number of hydrogen-bond acceptors (Lipinski definition) is 6. The van der Waals surface area contributed by atoms with E-state index in [0.717, 1.165) is 0 Å². The highest BCUT2D eigenvalue weighted by atomic mass is 32.1. The number of nitrogens with one attached hydrogen (secondary N) is 1. The lowest BCUT2D eigenvalue weighted by Gasteiger charge is -2.31. The molecule has 1 N–H and O–H groups in total. The molecule has 1 aliphatic rings. The number of benzene rings is 1. The van der Waals surface area contributed by atoms with Gasteiger partial charge in [0.1, 0.15) is 0 Å². The quantitative estimate of drug-likeness (QED) is 0.752. The van der Waals surface area contributed by atoms with Crippen LogP contribution in [-0.2, 0) is 20.7 Å². The van der Waals surface area contributed by atoms with E-state index in [1.54, 1.807) is 29.3 Å². The summed E-state index contributed by atoms with van der Waals surface area (Å²) in [5, 5.41) is 5.05. The van der Waals surface area contributed by atoms with Gasteiger partial charge < -0.3 is 15.0 Å². The molecule has 8 heteroatoms. The van der Waals surface area contributed by atoms with Gasteiger partial charge in [0, 0.05) is 30.0 Å². The smallest absolute Gasteiger partial charge is 0.311 e. The minimum Gasteiger partial charge on any atom is -0.466 e. The molecule has 1 aromatic heterocycles. The number of anilines is 1. The molecule has 1 saturated heterocycles. The number of aromatic nitrogens is 1. The predicted octanol–water partition coefficient (Wildman–Crippen LogP) is 2.74. The van der Waals surface area contributed by atoms with Crippen LogP contribution in [0.15, 0.2) is 35.7 Å². The van der Waals surface area contributed by atoms with Gasteiger partial charge in [0.25, 0.3) is 5.91 Å². The number of carbonyl (C=O) groups excluding carboxylic acids is 3. The van der Waals surface area contributed by atoms with Crippen molar-refractivity contribution in [1.29, 1.82) is 0 Å². The second-order valence-electron chi connectivity index (χ2n) is 6.55. The fraction of sp³-hybridized carbons (Fsp3) is 0.400. The highest BCUT2D eigenvalue weighted by molar-refractivity contribution is 7.13. The van der Waals surface area contributed by atoms with Crippen LogP contribution in [0.1, 0.15) is 35.8 Å². The lowest BCUT2D eigenvalue weighted by atomic mass is 9.95. The summed E-state index contributed by atoms with van der Waals surface area (Å²) in [6, 6.07) is 9.17. The maximum atomic E-state index is 12.5. The Labute approximate surface area is 167 Å². The summed E-state index contributed by atoms with van der Waals surface area (Å²) in [4.78, 5) is 42.6. The lowest BCUT2D eigenvalue weighted by molar-refractivity contribution is -0.142. The maximum absolute atomic E-state index is 12.5. The topological polar surface area (TPSA) is 88.6 Å². The van der Waals surface area contributed by atoms with E-state index in [0.29, 0.717) is 48.9 Å². The molecule has 0 atom stereocenters. The van der Waals surface area contributed by atoms with Crippen LogP contribution in [0.4, 0.5) is 5.13 Å². The molecule has 1 aliphatic heterocycles. The number of carbonyl (C=O) groups is 3. The largest absolute Gasteiger partial charge is 0.466 e.